The fraction of sp³-hybridized carbons (Fsp3) is 0.100. The van der Waals surface area contributed by atoms with Gasteiger partial charge in [-0.15, -0.1) is 0 Å². The number of amides is 2. The number of carbonyl (C=O) groups is 1. The monoisotopic (exact) mass is 373 g/mol. The molecule has 1 aromatic heterocycles. The van der Waals surface area contributed by atoms with Crippen LogP contribution >= 0.6 is 11.6 Å². The Balaban J connectivity index is 1.83. The van der Waals surface area contributed by atoms with Crippen LogP contribution in [0.3, 0.4) is 0 Å². The Morgan fingerprint density at radius 1 is 1.11 bits per heavy atom. The van der Waals surface area contributed by atoms with Gasteiger partial charge in [0.05, 0.1) is 35.7 Å². The van der Waals surface area contributed by atoms with Crippen LogP contribution in [0.25, 0.3) is 10.8 Å². The third-order valence-corrected chi connectivity index (χ3v) is 4.76. The van der Waals surface area contributed by atoms with E-state index in [1.807, 2.05) is 24.3 Å². The summed E-state index contributed by atoms with van der Waals surface area (Å²) >= 11 is 5.96. The van der Waals surface area contributed by atoms with Crippen molar-refractivity contribution in [2.24, 2.45) is 0 Å². The predicted octanol–water partition coefficient (Wildman–Crippen LogP) is 4.10. The minimum atomic E-state index is -0.702. The summed E-state index contributed by atoms with van der Waals surface area (Å²) in [6.45, 7) is 0.148. The molecular formula is C20H12ClN5O. The molecule has 1 aliphatic heterocycles. The molecule has 130 valence electrons. The Kier molecular flexibility index (Phi) is 4.12. The van der Waals surface area contributed by atoms with Gasteiger partial charge in [0.15, 0.2) is 0 Å². The third kappa shape index (κ3) is 2.73. The molecule has 0 N–H and O–H groups in total. The highest BCUT2D eigenvalue weighted by molar-refractivity contribution is 6.30. The molecular weight excluding hydrogens is 362 g/mol. The Morgan fingerprint density at radius 3 is 2.70 bits per heavy atom. The summed E-state index contributed by atoms with van der Waals surface area (Å²) in [4.78, 5) is 20.3. The van der Waals surface area contributed by atoms with Crippen molar-refractivity contribution in [3.8, 4) is 12.1 Å². The summed E-state index contributed by atoms with van der Waals surface area (Å²) < 4.78 is 0. The summed E-state index contributed by atoms with van der Waals surface area (Å²) in [6.07, 6.45) is 3.30. The summed E-state index contributed by atoms with van der Waals surface area (Å²) in [6, 6.07) is 15.5. The molecule has 3 aromatic rings. The normalized spacial score (nSPS) is 16.4. The third-order valence-electron chi connectivity index (χ3n) is 4.53. The van der Waals surface area contributed by atoms with E-state index in [2.05, 4.69) is 17.1 Å². The van der Waals surface area contributed by atoms with Crippen LogP contribution in [0.1, 0.15) is 5.56 Å². The molecule has 0 bridgehead atoms. The summed E-state index contributed by atoms with van der Waals surface area (Å²) in [5.41, 5.74) is 1.29. The van der Waals surface area contributed by atoms with Gasteiger partial charge in [0.2, 0.25) is 0 Å². The standard InChI is InChI=1S/C20H12ClN5O/c21-15-5-6-18(14(7-15)8-22)25-12-16(9-23)26(20(25)27)19-11-24-10-13-3-1-2-4-17(13)19/h1-7,10-11,16H,12H2/t16-/m0/s1. The van der Waals surface area contributed by atoms with Gasteiger partial charge >= 0.3 is 6.03 Å². The molecule has 0 unspecified atom stereocenters. The second-order valence-corrected chi connectivity index (χ2v) is 6.50. The molecule has 2 heterocycles. The summed E-state index contributed by atoms with van der Waals surface area (Å²) in [5, 5.41) is 21.2. The zero-order chi connectivity index (χ0) is 19.0. The van der Waals surface area contributed by atoms with E-state index in [4.69, 9.17) is 11.6 Å². The average Bonchev–Trinajstić information content (AvgIpc) is 3.03. The molecule has 1 saturated heterocycles. The van der Waals surface area contributed by atoms with Gasteiger partial charge in [-0.1, -0.05) is 35.9 Å². The molecule has 1 atom stereocenters. The SMILES string of the molecule is N#Cc1cc(Cl)ccc1N1C[C@H](C#N)N(c2cncc3ccccc23)C1=O. The number of hydrogen-bond acceptors (Lipinski definition) is 4. The van der Waals surface area contributed by atoms with Crippen molar-refractivity contribution >= 4 is 39.8 Å². The van der Waals surface area contributed by atoms with Crippen molar-refractivity contribution < 1.29 is 4.79 Å². The maximum Gasteiger partial charge on any atom is 0.330 e. The number of rotatable bonds is 2. The van der Waals surface area contributed by atoms with Gasteiger partial charge in [0.1, 0.15) is 12.1 Å². The van der Waals surface area contributed by atoms with Gasteiger partial charge in [-0.3, -0.25) is 14.8 Å². The number of hydrogen-bond donors (Lipinski definition) is 0. The number of halogens is 1. The number of urea groups is 1. The highest BCUT2D eigenvalue weighted by Gasteiger charge is 2.40. The van der Waals surface area contributed by atoms with E-state index in [1.165, 1.54) is 15.9 Å². The molecule has 0 spiro atoms. The van der Waals surface area contributed by atoms with Crippen molar-refractivity contribution in [1.29, 1.82) is 10.5 Å². The number of pyridine rings is 1. The Hall–Kier alpha value is -3.61. The van der Waals surface area contributed by atoms with Crippen LogP contribution in [-0.4, -0.2) is 23.6 Å². The quantitative estimate of drug-likeness (QED) is 0.677. The lowest BCUT2D eigenvalue weighted by Gasteiger charge is -2.21. The number of anilines is 2. The molecule has 1 aliphatic rings. The molecule has 0 aliphatic carbocycles. The van der Waals surface area contributed by atoms with Crippen LogP contribution < -0.4 is 9.80 Å². The van der Waals surface area contributed by atoms with E-state index in [0.717, 1.165) is 10.8 Å². The van der Waals surface area contributed by atoms with E-state index in [9.17, 15) is 15.3 Å². The van der Waals surface area contributed by atoms with Crippen LogP contribution in [0.2, 0.25) is 5.02 Å². The maximum absolute atomic E-state index is 13.2. The molecule has 0 radical (unpaired) electrons. The number of fused-ring (bicyclic) bond motifs is 1. The van der Waals surface area contributed by atoms with Crippen molar-refractivity contribution in [2.45, 2.75) is 6.04 Å². The fourth-order valence-corrected chi connectivity index (χ4v) is 3.46. The fourth-order valence-electron chi connectivity index (χ4n) is 3.29. The second kappa shape index (κ2) is 6.60. The first-order valence-corrected chi connectivity index (χ1v) is 8.54. The van der Waals surface area contributed by atoms with Crippen LogP contribution in [0.15, 0.2) is 54.9 Å². The molecule has 4 rings (SSSR count). The van der Waals surface area contributed by atoms with E-state index in [-0.39, 0.29) is 18.1 Å². The minimum Gasteiger partial charge on any atom is -0.289 e. The first-order valence-electron chi connectivity index (χ1n) is 8.17. The van der Waals surface area contributed by atoms with Gasteiger partial charge in [0.25, 0.3) is 0 Å². The molecule has 6 nitrogen and oxygen atoms in total. The number of nitrogens with zero attached hydrogens (tertiary/aromatic N) is 5. The van der Waals surface area contributed by atoms with Gasteiger partial charge in [-0.2, -0.15) is 10.5 Å². The van der Waals surface area contributed by atoms with E-state index in [0.29, 0.717) is 16.4 Å². The first-order chi connectivity index (χ1) is 13.1. The highest BCUT2D eigenvalue weighted by atomic mass is 35.5. The van der Waals surface area contributed by atoms with Crippen LogP contribution in [-0.2, 0) is 0 Å². The zero-order valence-corrected chi connectivity index (χ0v) is 14.8. The van der Waals surface area contributed by atoms with Crippen LogP contribution in [0.4, 0.5) is 16.2 Å². The number of nitriles is 2. The van der Waals surface area contributed by atoms with Gasteiger partial charge in [-0.05, 0) is 18.2 Å². The smallest absolute Gasteiger partial charge is 0.289 e. The first kappa shape index (κ1) is 16.8. The Bertz CT molecular complexity index is 1140. The van der Waals surface area contributed by atoms with E-state index < -0.39 is 6.04 Å². The van der Waals surface area contributed by atoms with Crippen LogP contribution in [0, 0.1) is 22.7 Å². The average molecular weight is 374 g/mol. The van der Waals surface area contributed by atoms with Gasteiger partial charge in [-0.25, -0.2) is 4.79 Å². The second-order valence-electron chi connectivity index (χ2n) is 6.06. The zero-order valence-electron chi connectivity index (χ0n) is 14.0. The maximum atomic E-state index is 13.2. The molecule has 7 heteroatoms. The van der Waals surface area contributed by atoms with Crippen LogP contribution in [0.5, 0.6) is 0 Å². The molecule has 2 aromatic carbocycles. The van der Waals surface area contributed by atoms with Crippen molar-refractivity contribution in [2.75, 3.05) is 16.3 Å². The lowest BCUT2D eigenvalue weighted by Crippen LogP contribution is -2.34. The molecule has 1 fully saturated rings. The molecule has 27 heavy (non-hydrogen) atoms. The number of carbonyl (C=O) groups excluding carboxylic acids is 1. The summed E-state index contributed by atoms with van der Waals surface area (Å²) in [7, 11) is 0. The number of benzene rings is 2. The Morgan fingerprint density at radius 2 is 1.93 bits per heavy atom. The number of aromatic nitrogens is 1. The van der Waals surface area contributed by atoms with E-state index in [1.54, 1.807) is 24.5 Å². The predicted molar refractivity (Wildman–Crippen MR) is 103 cm³/mol. The summed E-state index contributed by atoms with van der Waals surface area (Å²) in [5.74, 6) is 0. The lowest BCUT2D eigenvalue weighted by molar-refractivity contribution is 0.255. The van der Waals surface area contributed by atoms with E-state index >= 15 is 0 Å². The van der Waals surface area contributed by atoms with Crippen molar-refractivity contribution in [1.82, 2.24) is 4.98 Å². The Labute approximate surface area is 160 Å². The minimum absolute atomic E-state index is 0.148. The highest BCUT2D eigenvalue weighted by Crippen LogP contribution is 2.34. The van der Waals surface area contributed by atoms with Crippen molar-refractivity contribution in [3.63, 3.8) is 0 Å². The topological polar surface area (TPSA) is 84.0 Å². The molecule has 0 saturated carbocycles. The van der Waals surface area contributed by atoms with Gasteiger partial charge < -0.3 is 0 Å². The van der Waals surface area contributed by atoms with Crippen molar-refractivity contribution in [3.05, 3.63) is 65.4 Å². The largest absolute Gasteiger partial charge is 0.330 e. The molecule has 2 amide bonds. The lowest BCUT2D eigenvalue weighted by atomic mass is 10.1. The van der Waals surface area contributed by atoms with Gasteiger partial charge in [0, 0.05) is 22.0 Å².